The highest BCUT2D eigenvalue weighted by molar-refractivity contribution is 5.66. The maximum absolute atomic E-state index is 10.2. The van der Waals surface area contributed by atoms with E-state index in [-0.39, 0.29) is 6.54 Å². The zero-order valence-electron chi connectivity index (χ0n) is 8.62. The molecule has 0 spiro atoms. The van der Waals surface area contributed by atoms with Crippen LogP contribution in [-0.2, 0) is 4.79 Å². The van der Waals surface area contributed by atoms with Gasteiger partial charge in [0.15, 0.2) is 0 Å². The third-order valence-corrected chi connectivity index (χ3v) is 1.69. The smallest absolute Gasteiger partial charge is 0.105 e. The van der Waals surface area contributed by atoms with Crippen molar-refractivity contribution in [2.75, 3.05) is 13.6 Å². The van der Waals surface area contributed by atoms with E-state index in [9.17, 15) is 9.90 Å². The Kier molecular flexibility index (Phi) is 3.98. The van der Waals surface area contributed by atoms with Crippen LogP contribution in [0.3, 0.4) is 0 Å². The minimum Gasteiger partial charge on any atom is -0.548 e. The van der Waals surface area contributed by atoms with E-state index in [4.69, 9.17) is 5.26 Å². The van der Waals surface area contributed by atoms with Gasteiger partial charge in [-0.2, -0.15) is 5.26 Å². The first-order valence-corrected chi connectivity index (χ1v) is 4.45. The number of carboxylic acids is 1. The zero-order valence-corrected chi connectivity index (χ0v) is 8.62. The van der Waals surface area contributed by atoms with Crippen LogP contribution in [0.5, 0.6) is 0 Å². The molecule has 0 saturated heterocycles. The van der Waals surface area contributed by atoms with Crippen LogP contribution in [0.1, 0.15) is 5.56 Å². The van der Waals surface area contributed by atoms with Crippen LogP contribution >= 0.6 is 0 Å². The van der Waals surface area contributed by atoms with Crippen molar-refractivity contribution >= 4 is 11.7 Å². The second-order valence-corrected chi connectivity index (χ2v) is 3.01. The van der Waals surface area contributed by atoms with Crippen LogP contribution < -0.4 is 5.11 Å². The summed E-state index contributed by atoms with van der Waals surface area (Å²) in [6.45, 7) is -0.349. The number of carbonyl (C=O) groups is 1. The molecule has 0 heterocycles. The van der Waals surface area contributed by atoms with Crippen molar-refractivity contribution in [2.45, 2.75) is 0 Å². The Bertz CT molecular complexity index is 450. The molecule has 0 fully saturated rings. The van der Waals surface area contributed by atoms with Gasteiger partial charge < -0.3 is 9.90 Å². The topological polar surface area (TPSA) is 91.9 Å². The van der Waals surface area contributed by atoms with Crippen LogP contribution in [0, 0.1) is 11.3 Å². The zero-order chi connectivity index (χ0) is 12.0. The first-order valence-electron chi connectivity index (χ1n) is 4.45. The Balaban J connectivity index is 2.76. The number of rotatable bonds is 4. The van der Waals surface area contributed by atoms with Crippen LogP contribution in [0.2, 0.25) is 0 Å². The number of likely N-dealkylation sites (N-methyl/N-ethyl adjacent to an activating group) is 1. The molecule has 0 atom stereocenters. The van der Waals surface area contributed by atoms with Gasteiger partial charge in [-0.1, -0.05) is 17.4 Å². The molecule has 0 amide bonds. The van der Waals surface area contributed by atoms with Crippen molar-refractivity contribution in [2.24, 2.45) is 10.3 Å². The first kappa shape index (κ1) is 11.7. The lowest BCUT2D eigenvalue weighted by molar-refractivity contribution is -0.306. The average Bonchev–Trinajstić information content (AvgIpc) is 2.26. The van der Waals surface area contributed by atoms with Gasteiger partial charge in [-0.25, -0.2) is 0 Å². The van der Waals surface area contributed by atoms with E-state index >= 15 is 0 Å². The molecule has 1 rings (SSSR count). The maximum atomic E-state index is 10.2. The van der Waals surface area contributed by atoms with Crippen LogP contribution in [0.4, 0.5) is 5.69 Å². The molecule has 6 nitrogen and oxygen atoms in total. The maximum Gasteiger partial charge on any atom is 0.105 e. The number of benzene rings is 1. The highest BCUT2D eigenvalue weighted by Gasteiger charge is 1.99. The third kappa shape index (κ3) is 3.38. The summed E-state index contributed by atoms with van der Waals surface area (Å²) in [5.74, 6) is -1.24. The molecule has 0 bridgehead atoms. The monoisotopic (exact) mass is 217 g/mol. The summed E-state index contributed by atoms with van der Waals surface area (Å²) < 4.78 is 0. The highest BCUT2D eigenvalue weighted by atomic mass is 16.4. The van der Waals surface area contributed by atoms with E-state index < -0.39 is 5.97 Å². The SMILES string of the molecule is CN(CC(=O)[O-])N=Nc1ccccc1C#N. The summed E-state index contributed by atoms with van der Waals surface area (Å²) in [7, 11) is 1.45. The van der Waals surface area contributed by atoms with Crippen molar-refractivity contribution in [1.82, 2.24) is 5.01 Å². The molecule has 0 N–H and O–H groups in total. The summed E-state index contributed by atoms with van der Waals surface area (Å²) in [4.78, 5) is 10.2. The Morgan fingerprint density at radius 2 is 2.25 bits per heavy atom. The molecule has 0 unspecified atom stereocenters. The number of nitriles is 1. The average molecular weight is 217 g/mol. The number of hydrogen-bond donors (Lipinski definition) is 0. The molecule has 82 valence electrons. The normalized spacial score (nSPS) is 10.0. The van der Waals surface area contributed by atoms with Crippen LogP contribution in [0.15, 0.2) is 34.6 Å². The summed E-state index contributed by atoms with van der Waals surface area (Å²) in [5.41, 5.74) is 0.781. The third-order valence-electron chi connectivity index (χ3n) is 1.69. The Morgan fingerprint density at radius 1 is 1.56 bits per heavy atom. The summed E-state index contributed by atoms with van der Waals surface area (Å²) in [6.07, 6.45) is 0. The number of aliphatic carboxylic acids is 1. The lowest BCUT2D eigenvalue weighted by atomic mass is 10.2. The predicted octanol–water partition coefficient (Wildman–Crippen LogP) is 0.239. The van der Waals surface area contributed by atoms with E-state index in [0.29, 0.717) is 11.3 Å². The fourth-order valence-corrected chi connectivity index (χ4v) is 0.998. The van der Waals surface area contributed by atoms with Crippen molar-refractivity contribution in [1.29, 1.82) is 5.26 Å². The molecule has 6 heteroatoms. The van der Waals surface area contributed by atoms with Gasteiger partial charge in [0.2, 0.25) is 0 Å². The largest absolute Gasteiger partial charge is 0.548 e. The minimum atomic E-state index is -1.24. The molecular weight excluding hydrogens is 208 g/mol. The van der Waals surface area contributed by atoms with E-state index in [1.807, 2.05) is 6.07 Å². The van der Waals surface area contributed by atoms with Gasteiger partial charge in [-0.3, -0.25) is 5.01 Å². The molecule has 1 aromatic carbocycles. The summed E-state index contributed by atoms with van der Waals surface area (Å²) >= 11 is 0. The van der Waals surface area contributed by atoms with E-state index in [2.05, 4.69) is 10.3 Å². The summed E-state index contributed by atoms with van der Waals surface area (Å²) in [6, 6.07) is 8.61. The predicted molar refractivity (Wildman–Crippen MR) is 53.3 cm³/mol. The molecule has 0 aliphatic carbocycles. The van der Waals surface area contributed by atoms with Crippen molar-refractivity contribution in [3.05, 3.63) is 29.8 Å². The van der Waals surface area contributed by atoms with Gasteiger partial charge in [0.25, 0.3) is 0 Å². The quantitative estimate of drug-likeness (QED) is 0.533. The molecule has 0 radical (unpaired) electrons. The number of hydrogen-bond acceptors (Lipinski definition) is 5. The first-order chi connectivity index (χ1) is 7.63. The van der Waals surface area contributed by atoms with Gasteiger partial charge in [0.05, 0.1) is 18.1 Å². The van der Waals surface area contributed by atoms with Gasteiger partial charge >= 0.3 is 0 Å². The molecule has 0 saturated carbocycles. The second kappa shape index (κ2) is 5.46. The number of nitrogens with zero attached hydrogens (tertiary/aromatic N) is 4. The van der Waals surface area contributed by atoms with E-state index in [1.165, 1.54) is 7.05 Å². The van der Waals surface area contributed by atoms with Crippen LogP contribution in [0.25, 0.3) is 0 Å². The van der Waals surface area contributed by atoms with E-state index in [1.54, 1.807) is 24.3 Å². The molecular formula is C10H9N4O2-. The van der Waals surface area contributed by atoms with Gasteiger partial charge in [-0.05, 0) is 12.1 Å². The van der Waals surface area contributed by atoms with Crippen molar-refractivity contribution < 1.29 is 9.90 Å². The molecule has 0 aromatic heterocycles. The fourth-order valence-electron chi connectivity index (χ4n) is 0.998. The molecule has 0 aliphatic heterocycles. The Labute approximate surface area is 92.4 Å². The molecule has 0 aliphatic rings. The van der Waals surface area contributed by atoms with Gasteiger partial charge in [-0.15, -0.1) is 5.11 Å². The van der Waals surface area contributed by atoms with Crippen molar-refractivity contribution in [3.8, 4) is 6.07 Å². The molecule has 16 heavy (non-hydrogen) atoms. The minimum absolute atomic E-state index is 0.349. The number of carbonyl (C=O) groups excluding carboxylic acids is 1. The standard InChI is InChI=1S/C10H10N4O2/c1-14(7-10(15)16)13-12-9-5-3-2-4-8(9)6-11/h2-5H,7H2,1H3,(H,15,16)/p-1. The van der Waals surface area contributed by atoms with Crippen LogP contribution in [-0.4, -0.2) is 24.6 Å². The lowest BCUT2D eigenvalue weighted by Crippen LogP contribution is -2.33. The van der Waals surface area contributed by atoms with E-state index in [0.717, 1.165) is 5.01 Å². The highest BCUT2D eigenvalue weighted by Crippen LogP contribution is 2.17. The summed E-state index contributed by atoms with van der Waals surface area (Å²) in [5, 5.41) is 27.5. The Morgan fingerprint density at radius 3 is 2.88 bits per heavy atom. The van der Waals surface area contributed by atoms with Gasteiger partial charge in [0.1, 0.15) is 11.8 Å². The number of carboxylic acid groups (broad SMARTS) is 1. The Hall–Kier alpha value is -2.42. The van der Waals surface area contributed by atoms with Crippen molar-refractivity contribution in [3.63, 3.8) is 0 Å². The van der Waals surface area contributed by atoms with Gasteiger partial charge in [0, 0.05) is 7.05 Å². The lowest BCUT2D eigenvalue weighted by Gasteiger charge is -2.10. The fraction of sp³-hybridized carbons (Fsp3) is 0.200. The second-order valence-electron chi connectivity index (χ2n) is 3.01. The molecule has 1 aromatic rings.